The second-order valence-electron chi connectivity index (χ2n) is 5.84. The molecule has 122 valence electrons. The van der Waals surface area contributed by atoms with Crippen LogP contribution in [0.2, 0.25) is 0 Å². The minimum atomic E-state index is -0.991. The van der Waals surface area contributed by atoms with E-state index in [1.165, 1.54) is 0 Å². The number of hydrogen-bond acceptors (Lipinski definition) is 4. The van der Waals surface area contributed by atoms with Crippen molar-refractivity contribution in [3.05, 3.63) is 34.3 Å². The maximum Gasteiger partial charge on any atom is 0.247 e. The molecule has 1 amide bonds. The number of hydrogen-bond donors (Lipinski definition) is 1. The minimum absolute atomic E-state index is 0.0128. The van der Waals surface area contributed by atoms with E-state index in [2.05, 4.69) is 20.8 Å². The number of nitrogens with two attached hydrogens (primary N) is 1. The Morgan fingerprint density at radius 3 is 2.41 bits per heavy atom. The van der Waals surface area contributed by atoms with Crippen molar-refractivity contribution in [2.45, 2.75) is 12.5 Å². The molecule has 1 aromatic rings. The summed E-state index contributed by atoms with van der Waals surface area (Å²) < 4.78 is 6.07. The van der Waals surface area contributed by atoms with Crippen LogP contribution in [0.15, 0.2) is 28.7 Å². The lowest BCUT2D eigenvalue weighted by atomic mass is 9.91. The summed E-state index contributed by atoms with van der Waals surface area (Å²) in [6.07, 6.45) is 0. The summed E-state index contributed by atoms with van der Waals surface area (Å²) in [7, 11) is 1.71. The molecular weight excluding hydrogens is 346 g/mol. The highest BCUT2D eigenvalue weighted by atomic mass is 79.9. The smallest absolute Gasteiger partial charge is 0.247 e. The maximum atomic E-state index is 12.8. The average Bonchev–Trinajstić information content (AvgIpc) is 2.53. The Morgan fingerprint density at radius 2 is 1.86 bits per heavy atom. The number of rotatable bonds is 5. The highest BCUT2D eigenvalue weighted by molar-refractivity contribution is 9.10. The van der Waals surface area contributed by atoms with Crippen LogP contribution in [0.3, 0.4) is 0 Å². The van der Waals surface area contributed by atoms with Gasteiger partial charge in [-0.3, -0.25) is 9.69 Å². The molecule has 2 N–H and O–H groups in total. The highest BCUT2D eigenvalue weighted by Gasteiger charge is 2.35. The Bertz CT molecular complexity index is 497. The standard InChI is InChI=1S/C16H24BrN3O2/c1-16(18,13-3-5-14(17)6-4-13)15(21)20-9-7-19(8-10-20)11-12-22-2/h3-6H,7-12,18H2,1-2H3. The van der Waals surface area contributed by atoms with Gasteiger partial charge >= 0.3 is 0 Å². The Labute approximate surface area is 140 Å². The lowest BCUT2D eigenvalue weighted by molar-refractivity contribution is -0.138. The molecule has 5 nitrogen and oxygen atoms in total. The van der Waals surface area contributed by atoms with E-state index in [1.54, 1.807) is 14.0 Å². The molecule has 0 aromatic heterocycles. The summed E-state index contributed by atoms with van der Waals surface area (Å²) in [5.74, 6) is -0.0128. The Hall–Kier alpha value is -0.950. The van der Waals surface area contributed by atoms with Crippen LogP contribution < -0.4 is 5.73 Å². The Morgan fingerprint density at radius 1 is 1.27 bits per heavy atom. The Kier molecular flexibility index (Phi) is 5.97. The molecule has 1 saturated heterocycles. The van der Waals surface area contributed by atoms with Crippen LogP contribution in [0.1, 0.15) is 12.5 Å². The number of ether oxygens (including phenoxy) is 1. The number of halogens is 1. The second kappa shape index (κ2) is 7.55. The third-order valence-corrected chi connectivity index (χ3v) is 4.69. The number of carbonyl (C=O) groups excluding carboxylic acids is 1. The summed E-state index contributed by atoms with van der Waals surface area (Å²) >= 11 is 3.40. The van der Waals surface area contributed by atoms with Gasteiger partial charge in [0.25, 0.3) is 0 Å². The molecule has 6 heteroatoms. The zero-order valence-electron chi connectivity index (χ0n) is 13.2. The van der Waals surface area contributed by atoms with Crippen LogP contribution in [0.4, 0.5) is 0 Å². The fourth-order valence-corrected chi connectivity index (χ4v) is 2.91. The van der Waals surface area contributed by atoms with Gasteiger partial charge in [-0.25, -0.2) is 0 Å². The molecule has 1 heterocycles. The zero-order valence-corrected chi connectivity index (χ0v) is 14.8. The first-order chi connectivity index (χ1) is 10.4. The van der Waals surface area contributed by atoms with E-state index in [4.69, 9.17) is 10.5 Å². The summed E-state index contributed by atoms with van der Waals surface area (Å²) in [6.45, 7) is 6.58. The number of carbonyl (C=O) groups is 1. The maximum absolute atomic E-state index is 12.8. The zero-order chi connectivity index (χ0) is 16.2. The molecule has 1 aliphatic rings. The quantitative estimate of drug-likeness (QED) is 0.852. The van der Waals surface area contributed by atoms with E-state index in [0.29, 0.717) is 13.1 Å². The largest absolute Gasteiger partial charge is 0.383 e. The monoisotopic (exact) mass is 369 g/mol. The average molecular weight is 370 g/mol. The van der Waals surface area contributed by atoms with Crippen molar-refractivity contribution in [3.8, 4) is 0 Å². The van der Waals surface area contributed by atoms with Crippen molar-refractivity contribution in [1.82, 2.24) is 9.80 Å². The van der Waals surface area contributed by atoms with Gasteiger partial charge in [-0.1, -0.05) is 28.1 Å². The second-order valence-corrected chi connectivity index (χ2v) is 6.75. The molecule has 22 heavy (non-hydrogen) atoms. The number of methoxy groups -OCH3 is 1. The number of piperazine rings is 1. The van der Waals surface area contributed by atoms with Crippen molar-refractivity contribution < 1.29 is 9.53 Å². The van der Waals surface area contributed by atoms with Gasteiger partial charge in [0.05, 0.1) is 6.61 Å². The summed E-state index contributed by atoms with van der Waals surface area (Å²) in [5, 5.41) is 0. The fourth-order valence-electron chi connectivity index (χ4n) is 2.64. The molecule has 1 aliphatic heterocycles. The summed E-state index contributed by atoms with van der Waals surface area (Å²) in [5.41, 5.74) is 6.18. The highest BCUT2D eigenvalue weighted by Crippen LogP contribution is 2.23. The van der Waals surface area contributed by atoms with Crippen molar-refractivity contribution in [3.63, 3.8) is 0 Å². The normalized spacial score (nSPS) is 19.0. The van der Waals surface area contributed by atoms with Crippen molar-refractivity contribution in [2.75, 3.05) is 46.4 Å². The molecule has 1 atom stereocenters. The Balaban J connectivity index is 1.98. The predicted octanol–water partition coefficient (Wildman–Crippen LogP) is 1.41. The van der Waals surface area contributed by atoms with Gasteiger partial charge in [-0.15, -0.1) is 0 Å². The molecule has 1 unspecified atom stereocenters. The lowest BCUT2D eigenvalue weighted by Crippen LogP contribution is -2.57. The van der Waals surface area contributed by atoms with Crippen molar-refractivity contribution >= 4 is 21.8 Å². The van der Waals surface area contributed by atoms with Crippen LogP contribution in [-0.2, 0) is 15.1 Å². The van der Waals surface area contributed by atoms with E-state index < -0.39 is 5.54 Å². The van der Waals surface area contributed by atoms with Gasteiger partial charge < -0.3 is 15.4 Å². The van der Waals surface area contributed by atoms with E-state index in [0.717, 1.165) is 36.3 Å². The van der Waals surface area contributed by atoms with E-state index in [-0.39, 0.29) is 5.91 Å². The molecule has 0 saturated carbocycles. The van der Waals surface area contributed by atoms with Crippen LogP contribution in [-0.4, -0.2) is 62.1 Å². The van der Waals surface area contributed by atoms with Crippen LogP contribution in [0.5, 0.6) is 0 Å². The van der Waals surface area contributed by atoms with Crippen LogP contribution in [0, 0.1) is 0 Å². The molecule has 2 rings (SSSR count). The molecular formula is C16H24BrN3O2. The van der Waals surface area contributed by atoms with Gasteiger partial charge in [0.1, 0.15) is 5.54 Å². The van der Waals surface area contributed by atoms with Gasteiger partial charge in [0, 0.05) is 44.3 Å². The molecule has 0 bridgehead atoms. The third kappa shape index (κ3) is 4.07. The lowest BCUT2D eigenvalue weighted by Gasteiger charge is -2.38. The van der Waals surface area contributed by atoms with Gasteiger partial charge in [-0.05, 0) is 24.6 Å². The van der Waals surface area contributed by atoms with Gasteiger partial charge in [0.15, 0.2) is 0 Å². The van der Waals surface area contributed by atoms with E-state index in [9.17, 15) is 4.79 Å². The third-order valence-electron chi connectivity index (χ3n) is 4.16. The number of nitrogens with zero attached hydrogens (tertiary/aromatic N) is 2. The van der Waals surface area contributed by atoms with Gasteiger partial charge in [-0.2, -0.15) is 0 Å². The van der Waals surface area contributed by atoms with Crippen molar-refractivity contribution in [1.29, 1.82) is 0 Å². The summed E-state index contributed by atoms with van der Waals surface area (Å²) in [6, 6.07) is 7.63. The number of amides is 1. The predicted molar refractivity (Wildman–Crippen MR) is 90.6 cm³/mol. The topological polar surface area (TPSA) is 58.8 Å². The summed E-state index contributed by atoms with van der Waals surface area (Å²) in [4.78, 5) is 16.9. The van der Waals surface area contributed by atoms with Gasteiger partial charge in [0.2, 0.25) is 5.91 Å². The fraction of sp³-hybridized carbons (Fsp3) is 0.562. The first-order valence-corrected chi connectivity index (χ1v) is 8.30. The van der Waals surface area contributed by atoms with Crippen molar-refractivity contribution in [2.24, 2.45) is 5.73 Å². The van der Waals surface area contributed by atoms with E-state index in [1.807, 2.05) is 29.2 Å². The van der Waals surface area contributed by atoms with E-state index >= 15 is 0 Å². The molecule has 1 aromatic carbocycles. The number of benzene rings is 1. The molecule has 0 spiro atoms. The minimum Gasteiger partial charge on any atom is -0.383 e. The first-order valence-electron chi connectivity index (χ1n) is 7.50. The molecule has 0 radical (unpaired) electrons. The molecule has 1 fully saturated rings. The SMILES string of the molecule is COCCN1CCN(C(=O)C(C)(N)c2ccc(Br)cc2)CC1. The van der Waals surface area contributed by atoms with Crippen LogP contribution in [0.25, 0.3) is 0 Å². The van der Waals surface area contributed by atoms with Crippen LogP contribution >= 0.6 is 15.9 Å². The first kappa shape index (κ1) is 17.4. The molecule has 0 aliphatic carbocycles.